The molecular formula is C12H19Cl2N3. The smallest absolute Gasteiger partial charge is 0.132 e. The van der Waals surface area contributed by atoms with E-state index in [1.165, 1.54) is 19.3 Å². The van der Waals surface area contributed by atoms with Crippen molar-refractivity contribution in [2.75, 3.05) is 25.1 Å². The molecule has 1 fully saturated rings. The fourth-order valence-corrected chi connectivity index (χ4v) is 2.16. The zero-order valence-electron chi connectivity index (χ0n) is 10.3. The predicted molar refractivity (Wildman–Crippen MR) is 75.1 cm³/mol. The van der Waals surface area contributed by atoms with Crippen LogP contribution in [-0.4, -0.2) is 30.1 Å². The molecule has 1 aromatic rings. The van der Waals surface area contributed by atoms with Gasteiger partial charge in [-0.3, -0.25) is 0 Å². The molecule has 2 heterocycles. The molecule has 0 atom stereocenters. The number of hydrogen-bond donors (Lipinski definition) is 0. The lowest BCUT2D eigenvalue weighted by molar-refractivity contribution is 0.220. The monoisotopic (exact) mass is 275 g/mol. The third kappa shape index (κ3) is 3.47. The molecule has 0 radical (unpaired) electrons. The zero-order valence-corrected chi connectivity index (χ0v) is 11.9. The number of hydrogen-bond acceptors (Lipinski definition) is 3. The molecule has 1 aliphatic heterocycles. The quantitative estimate of drug-likeness (QED) is 0.773. The van der Waals surface area contributed by atoms with E-state index in [0.29, 0.717) is 5.15 Å². The van der Waals surface area contributed by atoms with Crippen LogP contribution in [0.3, 0.4) is 0 Å². The van der Waals surface area contributed by atoms with E-state index in [0.717, 1.165) is 24.3 Å². The second-order valence-electron chi connectivity index (χ2n) is 4.34. The lowest BCUT2D eigenvalue weighted by atomic mass is 10.2. The third-order valence-corrected chi connectivity index (χ3v) is 3.53. The Balaban J connectivity index is 0.00000144. The first kappa shape index (κ1) is 14.6. The summed E-state index contributed by atoms with van der Waals surface area (Å²) in [4.78, 5) is 4.19. The molecule has 0 bridgehead atoms. The topological polar surface area (TPSA) is 19.4 Å². The average Bonchev–Trinajstić information content (AvgIpc) is 2.33. The van der Waals surface area contributed by atoms with Crippen molar-refractivity contribution in [2.45, 2.75) is 26.2 Å². The minimum absolute atomic E-state index is 0. The molecule has 0 aromatic carbocycles. The summed E-state index contributed by atoms with van der Waals surface area (Å²) in [6, 6.07) is 2.09. The van der Waals surface area contributed by atoms with E-state index in [1.54, 1.807) is 0 Å². The predicted octanol–water partition coefficient (Wildman–Crippen LogP) is 3.30. The molecule has 96 valence electrons. The molecule has 2 rings (SSSR count). The van der Waals surface area contributed by atoms with Gasteiger partial charge >= 0.3 is 0 Å². The molecule has 3 nitrogen and oxygen atoms in total. The Bertz CT molecular complexity index is 365. The van der Waals surface area contributed by atoms with Crippen molar-refractivity contribution in [2.24, 2.45) is 0 Å². The highest BCUT2D eigenvalue weighted by Crippen LogP contribution is 2.21. The molecule has 0 N–H and O–H groups in total. The van der Waals surface area contributed by atoms with Gasteiger partial charge in [0.2, 0.25) is 0 Å². The van der Waals surface area contributed by atoms with Crippen molar-refractivity contribution in [1.29, 1.82) is 0 Å². The van der Waals surface area contributed by atoms with Gasteiger partial charge in [0.1, 0.15) is 5.15 Å². The van der Waals surface area contributed by atoms with Gasteiger partial charge in [0.25, 0.3) is 0 Å². The lowest BCUT2D eigenvalue weighted by Crippen LogP contribution is -2.43. The maximum atomic E-state index is 5.93. The molecule has 5 heteroatoms. The summed E-state index contributed by atoms with van der Waals surface area (Å²) in [6.45, 7) is 4.26. The number of anilines is 1. The molecule has 0 unspecified atom stereocenters. The normalized spacial score (nSPS) is 16.4. The van der Waals surface area contributed by atoms with E-state index in [2.05, 4.69) is 28.1 Å². The van der Waals surface area contributed by atoms with Crippen LogP contribution in [0.25, 0.3) is 0 Å². The summed E-state index contributed by atoms with van der Waals surface area (Å²) < 4.78 is 0. The summed E-state index contributed by atoms with van der Waals surface area (Å²) >= 11 is 5.93. The summed E-state index contributed by atoms with van der Waals surface area (Å²) in [6.07, 6.45) is 5.75. The van der Waals surface area contributed by atoms with Crippen molar-refractivity contribution in [3.05, 3.63) is 23.0 Å². The van der Waals surface area contributed by atoms with E-state index in [9.17, 15) is 0 Å². The van der Waals surface area contributed by atoms with Gasteiger partial charge in [0.15, 0.2) is 0 Å². The fourth-order valence-electron chi connectivity index (χ4n) is 2.06. The third-order valence-electron chi connectivity index (χ3n) is 3.13. The van der Waals surface area contributed by atoms with Gasteiger partial charge in [0.05, 0.1) is 11.9 Å². The molecule has 1 saturated heterocycles. The maximum absolute atomic E-state index is 5.93. The van der Waals surface area contributed by atoms with Gasteiger partial charge in [-0.1, -0.05) is 18.0 Å². The van der Waals surface area contributed by atoms with E-state index >= 15 is 0 Å². The minimum Gasteiger partial charge on any atom is -0.307 e. The van der Waals surface area contributed by atoms with Crippen molar-refractivity contribution < 1.29 is 0 Å². The van der Waals surface area contributed by atoms with Crippen LogP contribution in [0, 0.1) is 6.92 Å². The second-order valence-corrected chi connectivity index (χ2v) is 4.70. The van der Waals surface area contributed by atoms with Crippen LogP contribution in [0.15, 0.2) is 12.3 Å². The molecule has 1 aliphatic rings. The van der Waals surface area contributed by atoms with E-state index < -0.39 is 0 Å². The Labute approximate surface area is 114 Å². The number of piperidine rings is 1. The number of halogens is 2. The fraction of sp³-hybridized carbons (Fsp3) is 0.583. The van der Waals surface area contributed by atoms with Crippen molar-refractivity contribution in [1.82, 2.24) is 9.99 Å². The largest absolute Gasteiger partial charge is 0.307 e. The Kier molecular flexibility index (Phi) is 5.50. The summed E-state index contributed by atoms with van der Waals surface area (Å²) in [5.74, 6) is 0. The van der Waals surface area contributed by atoms with Gasteiger partial charge < -0.3 is 5.01 Å². The minimum atomic E-state index is 0. The van der Waals surface area contributed by atoms with Crippen LogP contribution in [-0.2, 0) is 0 Å². The van der Waals surface area contributed by atoms with Crippen LogP contribution in [0.1, 0.15) is 24.8 Å². The molecule has 0 saturated carbocycles. The highest BCUT2D eigenvalue weighted by molar-refractivity contribution is 6.30. The van der Waals surface area contributed by atoms with E-state index in [4.69, 9.17) is 11.6 Å². The number of aryl methyl sites for hydroxylation is 1. The summed E-state index contributed by atoms with van der Waals surface area (Å²) in [5, 5.41) is 5.15. The van der Waals surface area contributed by atoms with Crippen molar-refractivity contribution >= 4 is 29.7 Å². The zero-order chi connectivity index (χ0) is 11.5. The lowest BCUT2D eigenvalue weighted by Gasteiger charge is -2.36. The Morgan fingerprint density at radius 2 is 1.94 bits per heavy atom. The highest BCUT2D eigenvalue weighted by atomic mass is 35.5. The van der Waals surface area contributed by atoms with Gasteiger partial charge in [-0.2, -0.15) is 0 Å². The number of rotatable bonds is 2. The average molecular weight is 276 g/mol. The molecule has 17 heavy (non-hydrogen) atoms. The van der Waals surface area contributed by atoms with Gasteiger partial charge in [-0.25, -0.2) is 9.99 Å². The van der Waals surface area contributed by atoms with Crippen molar-refractivity contribution in [3.8, 4) is 0 Å². The molecule has 0 spiro atoms. The second kappa shape index (κ2) is 6.43. The summed E-state index contributed by atoms with van der Waals surface area (Å²) in [5.41, 5.74) is 2.15. The first-order valence-corrected chi connectivity index (χ1v) is 6.17. The van der Waals surface area contributed by atoms with E-state index in [1.807, 2.05) is 13.1 Å². The van der Waals surface area contributed by atoms with Gasteiger partial charge in [0, 0.05) is 20.1 Å². The first-order valence-electron chi connectivity index (χ1n) is 5.79. The van der Waals surface area contributed by atoms with Crippen LogP contribution in [0.4, 0.5) is 5.69 Å². The van der Waals surface area contributed by atoms with Crippen LogP contribution >= 0.6 is 24.0 Å². The van der Waals surface area contributed by atoms with E-state index in [-0.39, 0.29) is 12.4 Å². The summed E-state index contributed by atoms with van der Waals surface area (Å²) in [7, 11) is 2.09. The Hall–Kier alpha value is -0.510. The highest BCUT2D eigenvalue weighted by Gasteiger charge is 2.15. The Morgan fingerprint density at radius 3 is 2.53 bits per heavy atom. The number of pyridine rings is 1. The number of hydrazine groups is 1. The van der Waals surface area contributed by atoms with Crippen LogP contribution < -0.4 is 5.01 Å². The molecule has 0 amide bonds. The number of aromatic nitrogens is 1. The van der Waals surface area contributed by atoms with Gasteiger partial charge in [-0.15, -0.1) is 12.4 Å². The maximum Gasteiger partial charge on any atom is 0.132 e. The van der Waals surface area contributed by atoms with Crippen LogP contribution in [0.5, 0.6) is 0 Å². The molecule has 1 aromatic heterocycles. The van der Waals surface area contributed by atoms with Crippen molar-refractivity contribution in [3.63, 3.8) is 0 Å². The van der Waals surface area contributed by atoms with Crippen LogP contribution in [0.2, 0.25) is 5.15 Å². The number of nitrogens with zero attached hydrogens (tertiary/aromatic N) is 3. The molecule has 0 aliphatic carbocycles. The van der Waals surface area contributed by atoms with Gasteiger partial charge in [-0.05, 0) is 31.4 Å². The Morgan fingerprint density at radius 1 is 1.29 bits per heavy atom. The standard InChI is InChI=1S/C12H18ClN3.ClH/c1-10-8-11(9-14-12(10)13)15(2)16-6-4-3-5-7-16;/h8-9H,3-7H2,1-2H3;1H. The SMILES string of the molecule is Cc1cc(N(C)N2CCCCC2)cnc1Cl.Cl. The first-order chi connectivity index (χ1) is 7.68. The molecular weight excluding hydrogens is 257 g/mol.